The van der Waals surface area contributed by atoms with Crippen LogP contribution < -0.4 is 16.0 Å². The van der Waals surface area contributed by atoms with Crippen LogP contribution in [0.1, 0.15) is 46.9 Å². The van der Waals surface area contributed by atoms with E-state index in [1.807, 2.05) is 0 Å². The number of benzene rings is 2. The van der Waals surface area contributed by atoms with Gasteiger partial charge in [0, 0.05) is 6.54 Å². The lowest BCUT2D eigenvalue weighted by Gasteiger charge is -2.18. The molecule has 1 aliphatic rings. The van der Waals surface area contributed by atoms with Crippen LogP contribution in [-0.2, 0) is 16.0 Å². The molecule has 0 spiro atoms. The fraction of sp³-hybridized carbons (Fsp3) is 0.375. The Morgan fingerprint density at radius 2 is 1.86 bits per heavy atom. The smallest absolute Gasteiger partial charge is 0.328 e. The highest BCUT2D eigenvalue weighted by molar-refractivity contribution is 6.39. The molecule has 0 saturated carbocycles. The van der Waals surface area contributed by atoms with E-state index >= 15 is 0 Å². The maximum atomic E-state index is 12.8. The Morgan fingerprint density at radius 3 is 2.46 bits per heavy atom. The quantitative estimate of drug-likeness (QED) is 0.280. The van der Waals surface area contributed by atoms with Gasteiger partial charge in [-0.05, 0) is 67.6 Å². The van der Waals surface area contributed by atoms with Gasteiger partial charge in [0.2, 0.25) is 5.91 Å². The van der Waals surface area contributed by atoms with Crippen molar-refractivity contribution in [3.63, 3.8) is 0 Å². The van der Waals surface area contributed by atoms with E-state index in [1.165, 1.54) is 24.3 Å². The predicted molar refractivity (Wildman–Crippen MR) is 131 cm³/mol. The number of carboxylic acids is 1. The van der Waals surface area contributed by atoms with E-state index in [1.54, 1.807) is 12.1 Å². The Morgan fingerprint density at radius 1 is 1.14 bits per heavy atom. The van der Waals surface area contributed by atoms with Crippen LogP contribution in [0.25, 0.3) is 0 Å². The lowest BCUT2D eigenvalue weighted by Crippen LogP contribution is -2.51. The molecule has 1 fully saturated rings. The van der Waals surface area contributed by atoms with Gasteiger partial charge in [0.15, 0.2) is 0 Å². The van der Waals surface area contributed by atoms with Crippen LogP contribution in [0.15, 0.2) is 36.4 Å². The van der Waals surface area contributed by atoms with E-state index in [9.17, 15) is 29.7 Å². The number of aliphatic hydroxyl groups excluding tert-OH is 1. The first-order chi connectivity index (χ1) is 16.7. The molecule has 3 atom stereocenters. The van der Waals surface area contributed by atoms with Gasteiger partial charge < -0.3 is 31.3 Å². The third-order valence-electron chi connectivity index (χ3n) is 5.75. The number of nitrogens with one attached hydrogen (secondary N) is 3. The van der Waals surface area contributed by atoms with Gasteiger partial charge in [-0.3, -0.25) is 9.59 Å². The molecular formula is C24H27Cl2N3O6. The van der Waals surface area contributed by atoms with Crippen molar-refractivity contribution in [1.29, 1.82) is 0 Å². The normalized spacial score (nSPS) is 16.9. The maximum Gasteiger partial charge on any atom is 0.328 e. The van der Waals surface area contributed by atoms with E-state index in [-0.39, 0.29) is 39.9 Å². The minimum Gasteiger partial charge on any atom is -0.508 e. The number of carbonyl (C=O) groups is 3. The summed E-state index contributed by atoms with van der Waals surface area (Å²) in [6, 6.07) is 7.63. The second-order valence-corrected chi connectivity index (χ2v) is 9.16. The summed E-state index contributed by atoms with van der Waals surface area (Å²) >= 11 is 12.6. The molecule has 11 heteroatoms. The van der Waals surface area contributed by atoms with Gasteiger partial charge in [-0.25, -0.2) is 4.79 Å². The molecule has 1 saturated heterocycles. The molecule has 1 heterocycles. The van der Waals surface area contributed by atoms with E-state index in [4.69, 9.17) is 23.2 Å². The molecule has 0 radical (unpaired) electrons. The molecule has 2 amide bonds. The Bertz CT molecular complexity index is 1070. The van der Waals surface area contributed by atoms with Crippen LogP contribution in [0.3, 0.4) is 0 Å². The van der Waals surface area contributed by atoms with Gasteiger partial charge in [0.05, 0.1) is 27.8 Å². The van der Waals surface area contributed by atoms with Crippen molar-refractivity contribution >= 4 is 41.0 Å². The van der Waals surface area contributed by atoms with Crippen LogP contribution in [0.4, 0.5) is 0 Å². The zero-order chi connectivity index (χ0) is 25.5. The Labute approximate surface area is 212 Å². The van der Waals surface area contributed by atoms with E-state index < -0.39 is 24.0 Å². The fourth-order valence-electron chi connectivity index (χ4n) is 3.85. The zero-order valence-electron chi connectivity index (χ0n) is 18.8. The Hall–Kier alpha value is -2.85. The number of hydrogen-bond donors (Lipinski definition) is 6. The van der Waals surface area contributed by atoms with Crippen molar-refractivity contribution in [2.24, 2.45) is 0 Å². The van der Waals surface area contributed by atoms with Crippen molar-refractivity contribution in [3.8, 4) is 5.75 Å². The molecule has 188 valence electrons. The largest absolute Gasteiger partial charge is 0.508 e. The second kappa shape index (κ2) is 12.2. The molecule has 2 aromatic carbocycles. The number of rotatable bonds is 10. The average Bonchev–Trinajstić information content (AvgIpc) is 3.34. The van der Waals surface area contributed by atoms with E-state index in [2.05, 4.69) is 16.0 Å². The molecule has 0 bridgehead atoms. The van der Waals surface area contributed by atoms with Crippen LogP contribution >= 0.6 is 23.2 Å². The molecule has 35 heavy (non-hydrogen) atoms. The van der Waals surface area contributed by atoms with Crippen LogP contribution in [0.2, 0.25) is 10.0 Å². The summed E-state index contributed by atoms with van der Waals surface area (Å²) in [7, 11) is 0. The van der Waals surface area contributed by atoms with Gasteiger partial charge >= 0.3 is 5.97 Å². The van der Waals surface area contributed by atoms with E-state index in [0.29, 0.717) is 30.4 Å². The number of aliphatic hydroxyl groups is 1. The number of aliphatic carboxylic acids is 1. The van der Waals surface area contributed by atoms with Gasteiger partial charge in [-0.2, -0.15) is 0 Å². The third-order valence-corrected chi connectivity index (χ3v) is 6.35. The lowest BCUT2D eigenvalue weighted by atomic mass is 10.00. The molecule has 0 aliphatic carbocycles. The molecule has 6 N–H and O–H groups in total. The van der Waals surface area contributed by atoms with Crippen molar-refractivity contribution in [2.45, 2.75) is 43.9 Å². The number of hydrogen-bond acceptors (Lipinski definition) is 6. The number of phenols is 1. The maximum absolute atomic E-state index is 12.8. The summed E-state index contributed by atoms with van der Waals surface area (Å²) in [5.74, 6) is -2.37. The number of halogens is 2. The number of carbonyl (C=O) groups excluding carboxylic acids is 2. The molecule has 1 unspecified atom stereocenters. The number of amides is 2. The Balaban J connectivity index is 1.62. The van der Waals surface area contributed by atoms with Crippen molar-refractivity contribution in [2.75, 3.05) is 13.1 Å². The first-order valence-corrected chi connectivity index (χ1v) is 11.9. The van der Waals surface area contributed by atoms with Crippen molar-refractivity contribution in [3.05, 3.63) is 63.1 Å². The molecule has 3 rings (SSSR count). The van der Waals surface area contributed by atoms with Gasteiger partial charge in [0.25, 0.3) is 5.91 Å². The SMILES string of the molecule is O=C(N[C@@H](CNC(=O)[C@H]1CCCN1)C(=O)O)c1c(Cl)cc(CCC(O)c2cccc(O)c2)cc1Cl. The number of carboxylic acid groups (broad SMARTS) is 1. The monoisotopic (exact) mass is 523 g/mol. The minimum atomic E-state index is -1.38. The number of aromatic hydroxyl groups is 1. The molecule has 1 aliphatic heterocycles. The summed E-state index contributed by atoms with van der Waals surface area (Å²) in [6.45, 7) is 0.428. The summed E-state index contributed by atoms with van der Waals surface area (Å²) < 4.78 is 0. The van der Waals surface area contributed by atoms with Crippen LogP contribution in [-0.4, -0.2) is 58.3 Å². The predicted octanol–water partition coefficient (Wildman–Crippen LogP) is 2.42. The fourth-order valence-corrected chi connectivity index (χ4v) is 4.56. The first-order valence-electron chi connectivity index (χ1n) is 11.2. The summed E-state index contributed by atoms with van der Waals surface area (Å²) in [5, 5.41) is 37.4. The minimum absolute atomic E-state index is 0.0279. The average molecular weight is 524 g/mol. The molecule has 0 aromatic heterocycles. The van der Waals surface area contributed by atoms with Gasteiger partial charge in [-0.15, -0.1) is 0 Å². The zero-order valence-corrected chi connectivity index (χ0v) is 20.3. The van der Waals surface area contributed by atoms with Gasteiger partial charge in [0.1, 0.15) is 11.8 Å². The van der Waals surface area contributed by atoms with E-state index in [0.717, 1.165) is 13.0 Å². The second-order valence-electron chi connectivity index (χ2n) is 8.34. The highest BCUT2D eigenvalue weighted by atomic mass is 35.5. The van der Waals surface area contributed by atoms with Gasteiger partial charge in [-0.1, -0.05) is 35.3 Å². The lowest BCUT2D eigenvalue weighted by molar-refractivity contribution is -0.139. The highest BCUT2D eigenvalue weighted by Gasteiger charge is 2.27. The third kappa shape index (κ3) is 7.32. The first kappa shape index (κ1) is 26.7. The summed E-state index contributed by atoms with van der Waals surface area (Å²) in [6.07, 6.45) is 1.40. The summed E-state index contributed by atoms with van der Waals surface area (Å²) in [4.78, 5) is 36.5. The standard InChI is InChI=1S/C24H27Cl2N3O6/c25-16-9-13(6-7-20(31)14-3-1-4-15(30)11-14)10-17(26)21(16)23(33)29-19(24(34)35)12-28-22(32)18-5-2-8-27-18/h1,3-4,9-11,18-20,27,30-31H,2,5-8,12H2,(H,28,32)(H,29,33)(H,34,35)/t18-,19+,20?/m1/s1. The highest BCUT2D eigenvalue weighted by Crippen LogP contribution is 2.29. The molecule has 2 aromatic rings. The number of phenolic OH excluding ortho intramolecular Hbond substituents is 1. The topological polar surface area (TPSA) is 148 Å². The van der Waals surface area contributed by atoms with Crippen molar-refractivity contribution < 1.29 is 29.7 Å². The molecule has 9 nitrogen and oxygen atoms in total. The number of aryl methyl sites for hydroxylation is 1. The summed E-state index contributed by atoms with van der Waals surface area (Å²) in [5.41, 5.74) is 1.15. The molecular weight excluding hydrogens is 497 g/mol. The van der Waals surface area contributed by atoms with Crippen LogP contribution in [0, 0.1) is 0 Å². The van der Waals surface area contributed by atoms with Crippen LogP contribution in [0.5, 0.6) is 5.75 Å². The van der Waals surface area contributed by atoms with Crippen molar-refractivity contribution in [1.82, 2.24) is 16.0 Å². The Kier molecular flexibility index (Phi) is 9.33.